The lowest BCUT2D eigenvalue weighted by molar-refractivity contribution is -0.116. The highest BCUT2D eigenvalue weighted by atomic mass is 32.2. The predicted molar refractivity (Wildman–Crippen MR) is 99.6 cm³/mol. The van der Waals surface area contributed by atoms with E-state index in [2.05, 4.69) is 15.4 Å². The number of methoxy groups -OCH3 is 1. The molecule has 140 valence electrons. The maximum absolute atomic E-state index is 13.2. The summed E-state index contributed by atoms with van der Waals surface area (Å²) in [6.07, 6.45) is 1.03. The molecule has 1 amide bonds. The third-order valence-corrected chi connectivity index (χ3v) is 3.95. The van der Waals surface area contributed by atoms with Crippen LogP contribution in [-0.4, -0.2) is 33.7 Å². The molecule has 26 heavy (non-hydrogen) atoms. The summed E-state index contributed by atoms with van der Waals surface area (Å²) >= 11 is 0. The number of anilines is 3. The summed E-state index contributed by atoms with van der Waals surface area (Å²) in [5.41, 5.74) is 1.11. The summed E-state index contributed by atoms with van der Waals surface area (Å²) in [5.74, 6) is -0.475. The molecule has 0 saturated heterocycles. The molecule has 2 rings (SSSR count). The minimum Gasteiger partial charge on any atom is -0.495 e. The number of hydrogen-bond acceptors (Lipinski definition) is 5. The van der Waals surface area contributed by atoms with Crippen molar-refractivity contribution in [2.24, 2.45) is 0 Å². The fourth-order valence-corrected chi connectivity index (χ4v) is 2.77. The molecule has 0 aliphatic rings. The molecule has 1 unspecified atom stereocenters. The van der Waals surface area contributed by atoms with E-state index in [4.69, 9.17) is 4.74 Å². The highest BCUT2D eigenvalue weighted by Crippen LogP contribution is 2.29. The summed E-state index contributed by atoms with van der Waals surface area (Å²) in [6, 6.07) is 9.66. The Morgan fingerprint density at radius 2 is 1.88 bits per heavy atom. The van der Waals surface area contributed by atoms with Crippen LogP contribution in [0.4, 0.5) is 21.5 Å². The van der Waals surface area contributed by atoms with Gasteiger partial charge < -0.3 is 15.4 Å². The molecule has 0 spiro atoms. The molecule has 1 atom stereocenters. The smallest absolute Gasteiger partial charge is 0.246 e. The van der Waals surface area contributed by atoms with Gasteiger partial charge in [-0.05, 0) is 43.3 Å². The zero-order chi connectivity index (χ0) is 19.3. The normalized spacial score (nSPS) is 12.2. The average molecular weight is 381 g/mol. The molecule has 0 heterocycles. The van der Waals surface area contributed by atoms with Crippen LogP contribution in [0.5, 0.6) is 5.75 Å². The molecule has 9 heteroatoms. The van der Waals surface area contributed by atoms with Crippen LogP contribution in [0, 0.1) is 5.82 Å². The maximum atomic E-state index is 13.2. The first kappa shape index (κ1) is 19.5. The molecular formula is C17H20FN3O4S. The number of nitrogens with one attached hydrogen (secondary N) is 3. The Morgan fingerprint density at radius 3 is 2.50 bits per heavy atom. The van der Waals surface area contributed by atoms with Gasteiger partial charge in [0.25, 0.3) is 0 Å². The number of benzene rings is 2. The number of carbonyl (C=O) groups is 1. The van der Waals surface area contributed by atoms with E-state index in [1.807, 2.05) is 0 Å². The Bertz CT molecular complexity index is 903. The van der Waals surface area contributed by atoms with Crippen LogP contribution in [0.15, 0.2) is 42.5 Å². The summed E-state index contributed by atoms with van der Waals surface area (Å²) in [7, 11) is -2.07. The predicted octanol–water partition coefficient (Wildman–Crippen LogP) is 2.64. The summed E-state index contributed by atoms with van der Waals surface area (Å²) in [5, 5.41) is 5.56. The minimum atomic E-state index is -3.49. The number of amides is 1. The molecule has 0 aliphatic heterocycles. The molecule has 0 fully saturated rings. The number of sulfonamides is 1. The van der Waals surface area contributed by atoms with Crippen LogP contribution in [-0.2, 0) is 14.8 Å². The van der Waals surface area contributed by atoms with Gasteiger partial charge in [-0.1, -0.05) is 6.07 Å². The fraction of sp³-hybridized carbons (Fsp3) is 0.235. The third-order valence-electron chi connectivity index (χ3n) is 3.36. The number of hydrogen-bond donors (Lipinski definition) is 3. The van der Waals surface area contributed by atoms with Gasteiger partial charge in [0.1, 0.15) is 17.6 Å². The number of rotatable bonds is 7. The van der Waals surface area contributed by atoms with E-state index >= 15 is 0 Å². The average Bonchev–Trinajstić information content (AvgIpc) is 2.53. The van der Waals surface area contributed by atoms with Crippen molar-refractivity contribution in [2.45, 2.75) is 13.0 Å². The van der Waals surface area contributed by atoms with Crippen LogP contribution in [0.1, 0.15) is 6.92 Å². The van der Waals surface area contributed by atoms with Crippen LogP contribution >= 0.6 is 0 Å². The van der Waals surface area contributed by atoms with Gasteiger partial charge in [-0.15, -0.1) is 0 Å². The topological polar surface area (TPSA) is 96.5 Å². The Labute approximate surface area is 151 Å². The van der Waals surface area contributed by atoms with Gasteiger partial charge in [-0.25, -0.2) is 12.8 Å². The SMILES string of the molecule is COc1ccc(NC(C)C(=O)Nc2cccc(F)c2)cc1NS(C)(=O)=O. The number of carbonyl (C=O) groups excluding carboxylic acids is 1. The first-order chi connectivity index (χ1) is 12.2. The van der Waals surface area contributed by atoms with Crippen LogP contribution in [0.2, 0.25) is 0 Å². The van der Waals surface area contributed by atoms with E-state index in [1.54, 1.807) is 25.1 Å². The lowest BCUT2D eigenvalue weighted by Crippen LogP contribution is -2.31. The fourth-order valence-electron chi connectivity index (χ4n) is 2.21. The van der Waals surface area contributed by atoms with E-state index in [9.17, 15) is 17.6 Å². The summed E-state index contributed by atoms with van der Waals surface area (Å²) in [4.78, 5) is 12.2. The van der Waals surface area contributed by atoms with Crippen molar-refractivity contribution >= 4 is 33.0 Å². The van der Waals surface area contributed by atoms with E-state index < -0.39 is 21.9 Å². The molecule has 0 bridgehead atoms. The van der Waals surface area contributed by atoms with Crippen molar-refractivity contribution in [3.63, 3.8) is 0 Å². The van der Waals surface area contributed by atoms with E-state index in [-0.39, 0.29) is 11.6 Å². The lowest BCUT2D eigenvalue weighted by Gasteiger charge is -2.17. The lowest BCUT2D eigenvalue weighted by atomic mass is 10.2. The summed E-state index contributed by atoms with van der Waals surface area (Å²) in [6.45, 7) is 1.63. The Hall–Kier alpha value is -2.81. The molecule has 3 N–H and O–H groups in total. The molecule has 0 aliphatic carbocycles. The van der Waals surface area contributed by atoms with Crippen molar-refractivity contribution in [2.75, 3.05) is 28.7 Å². The highest BCUT2D eigenvalue weighted by Gasteiger charge is 2.15. The second-order valence-corrected chi connectivity index (χ2v) is 7.40. The zero-order valence-electron chi connectivity index (χ0n) is 14.5. The first-order valence-electron chi connectivity index (χ1n) is 7.67. The van der Waals surface area contributed by atoms with Gasteiger partial charge in [0.15, 0.2) is 0 Å². The molecule has 0 saturated carbocycles. The Balaban J connectivity index is 2.11. The van der Waals surface area contributed by atoms with Crippen molar-refractivity contribution in [3.05, 3.63) is 48.3 Å². The Kier molecular flexibility index (Phi) is 6.04. The quantitative estimate of drug-likeness (QED) is 0.685. The van der Waals surface area contributed by atoms with Crippen LogP contribution < -0.4 is 20.1 Å². The molecule has 0 aromatic heterocycles. The van der Waals surface area contributed by atoms with Gasteiger partial charge >= 0.3 is 0 Å². The standard InChI is InChI=1S/C17H20FN3O4S/c1-11(17(22)20-13-6-4-5-12(18)9-13)19-14-7-8-16(25-2)15(10-14)21-26(3,23)24/h4-11,19,21H,1-3H3,(H,20,22). The molecule has 2 aromatic rings. The van der Waals surface area contributed by atoms with Crippen LogP contribution in [0.25, 0.3) is 0 Å². The van der Waals surface area contributed by atoms with Gasteiger partial charge in [-0.3, -0.25) is 9.52 Å². The molecular weight excluding hydrogens is 361 g/mol. The third kappa shape index (κ3) is 5.62. The second-order valence-electron chi connectivity index (χ2n) is 5.65. The van der Waals surface area contributed by atoms with Crippen molar-refractivity contribution in [1.82, 2.24) is 0 Å². The van der Waals surface area contributed by atoms with E-state index in [1.165, 1.54) is 31.4 Å². The van der Waals surface area contributed by atoms with E-state index in [0.29, 0.717) is 17.1 Å². The zero-order valence-corrected chi connectivity index (χ0v) is 15.4. The van der Waals surface area contributed by atoms with Crippen molar-refractivity contribution in [1.29, 1.82) is 0 Å². The number of halogens is 1. The van der Waals surface area contributed by atoms with Crippen molar-refractivity contribution in [3.8, 4) is 5.75 Å². The second kappa shape index (κ2) is 8.05. The minimum absolute atomic E-state index is 0.248. The summed E-state index contributed by atoms with van der Waals surface area (Å²) < 4.78 is 43.6. The highest BCUT2D eigenvalue weighted by molar-refractivity contribution is 7.92. The molecule has 0 radical (unpaired) electrons. The maximum Gasteiger partial charge on any atom is 0.246 e. The van der Waals surface area contributed by atoms with Gasteiger partial charge in [0, 0.05) is 11.4 Å². The van der Waals surface area contributed by atoms with Crippen LogP contribution in [0.3, 0.4) is 0 Å². The molecule has 2 aromatic carbocycles. The van der Waals surface area contributed by atoms with Gasteiger partial charge in [-0.2, -0.15) is 0 Å². The number of ether oxygens (including phenoxy) is 1. The van der Waals surface area contributed by atoms with Gasteiger partial charge in [0.2, 0.25) is 15.9 Å². The monoisotopic (exact) mass is 381 g/mol. The largest absolute Gasteiger partial charge is 0.495 e. The van der Waals surface area contributed by atoms with Crippen molar-refractivity contribution < 1.29 is 22.3 Å². The first-order valence-corrected chi connectivity index (χ1v) is 9.56. The Morgan fingerprint density at radius 1 is 1.15 bits per heavy atom. The van der Waals surface area contributed by atoms with Gasteiger partial charge in [0.05, 0.1) is 19.1 Å². The van der Waals surface area contributed by atoms with E-state index in [0.717, 1.165) is 6.26 Å². The molecule has 7 nitrogen and oxygen atoms in total.